The molecule has 4 nitrogen and oxygen atoms in total. The maximum Gasteiger partial charge on any atom is 0.122 e. The highest BCUT2D eigenvalue weighted by Crippen LogP contribution is 2.37. The molecule has 0 saturated carbocycles. The van der Waals surface area contributed by atoms with Crippen molar-refractivity contribution in [2.45, 2.75) is 113 Å². The van der Waals surface area contributed by atoms with E-state index in [9.17, 15) is 10.2 Å². The number of aryl methyl sites for hydroxylation is 2. The molecule has 0 spiro atoms. The van der Waals surface area contributed by atoms with Crippen LogP contribution in [0.5, 0.6) is 11.5 Å². The molecule has 1 aliphatic heterocycles. The Morgan fingerprint density at radius 3 is 1.65 bits per heavy atom. The standard InChI is InChI=1S/C33H52N2O2/c1-11-21(5)27-15-23(7)29(25(9)32(27)36)17-34-13-14-35(31(19-34)20(3)4)18-30-24(8)16-28(22(6)12-2)33(37)26(30)10/h15-16,20-22,31,36-37H,11-14,17-19H2,1-10H3. The maximum absolute atomic E-state index is 11.0. The minimum atomic E-state index is 0.365. The van der Waals surface area contributed by atoms with Crippen LogP contribution >= 0.6 is 0 Å². The largest absolute Gasteiger partial charge is 0.507 e. The van der Waals surface area contributed by atoms with Gasteiger partial charge in [0.15, 0.2) is 0 Å². The first-order chi connectivity index (χ1) is 17.4. The monoisotopic (exact) mass is 508 g/mol. The molecule has 1 saturated heterocycles. The Bertz CT molecular complexity index is 1090. The molecule has 0 bridgehead atoms. The number of benzene rings is 2. The molecule has 2 aromatic carbocycles. The Hall–Kier alpha value is -2.04. The van der Waals surface area contributed by atoms with E-state index < -0.39 is 0 Å². The van der Waals surface area contributed by atoms with Crippen LogP contribution < -0.4 is 0 Å². The minimum absolute atomic E-state index is 0.365. The lowest BCUT2D eigenvalue weighted by Gasteiger charge is -2.44. The first-order valence-corrected chi connectivity index (χ1v) is 14.5. The van der Waals surface area contributed by atoms with Gasteiger partial charge in [-0.3, -0.25) is 9.80 Å². The second kappa shape index (κ2) is 12.2. The number of phenolic OH excluding ortho intramolecular Hbond substituents is 2. The van der Waals surface area contributed by atoms with E-state index in [1.807, 2.05) is 0 Å². The lowest BCUT2D eigenvalue weighted by atomic mass is 9.89. The predicted molar refractivity (Wildman–Crippen MR) is 157 cm³/mol. The van der Waals surface area contributed by atoms with Gasteiger partial charge in [-0.1, -0.05) is 53.7 Å². The summed E-state index contributed by atoms with van der Waals surface area (Å²) in [6.07, 6.45) is 2.06. The van der Waals surface area contributed by atoms with Crippen molar-refractivity contribution in [2.24, 2.45) is 5.92 Å². The average molecular weight is 509 g/mol. The highest BCUT2D eigenvalue weighted by atomic mass is 16.3. The zero-order valence-electron chi connectivity index (χ0n) is 25.2. The summed E-state index contributed by atoms with van der Waals surface area (Å²) in [7, 11) is 0. The van der Waals surface area contributed by atoms with Gasteiger partial charge in [0.25, 0.3) is 0 Å². The molecule has 37 heavy (non-hydrogen) atoms. The molecule has 2 N–H and O–H groups in total. The van der Waals surface area contributed by atoms with E-state index >= 15 is 0 Å². The molecular weight excluding hydrogens is 456 g/mol. The second-order valence-electron chi connectivity index (χ2n) is 12.1. The summed E-state index contributed by atoms with van der Waals surface area (Å²) in [5, 5.41) is 22.0. The van der Waals surface area contributed by atoms with Crippen LogP contribution in [0.25, 0.3) is 0 Å². The van der Waals surface area contributed by atoms with Crippen molar-refractivity contribution >= 4 is 0 Å². The zero-order valence-corrected chi connectivity index (χ0v) is 25.2. The van der Waals surface area contributed by atoms with Gasteiger partial charge in [0.2, 0.25) is 0 Å². The van der Waals surface area contributed by atoms with E-state index in [2.05, 4.69) is 91.2 Å². The predicted octanol–water partition coefficient (Wildman–Crippen LogP) is 7.70. The van der Waals surface area contributed by atoms with Crippen molar-refractivity contribution in [3.05, 3.63) is 56.6 Å². The summed E-state index contributed by atoms with van der Waals surface area (Å²) in [4.78, 5) is 5.20. The molecule has 0 radical (unpaired) electrons. The van der Waals surface area contributed by atoms with Crippen molar-refractivity contribution < 1.29 is 10.2 Å². The zero-order chi connectivity index (χ0) is 27.6. The molecule has 3 unspecified atom stereocenters. The van der Waals surface area contributed by atoms with Crippen LogP contribution in [0, 0.1) is 33.6 Å². The van der Waals surface area contributed by atoms with Crippen LogP contribution in [-0.4, -0.2) is 45.7 Å². The van der Waals surface area contributed by atoms with Gasteiger partial charge < -0.3 is 10.2 Å². The van der Waals surface area contributed by atoms with Crippen LogP contribution in [0.4, 0.5) is 0 Å². The van der Waals surface area contributed by atoms with E-state index in [-0.39, 0.29) is 0 Å². The molecule has 1 fully saturated rings. The molecule has 0 amide bonds. The number of nitrogens with zero attached hydrogens (tertiary/aromatic N) is 2. The molecule has 3 rings (SSSR count). The molecule has 2 aromatic rings. The second-order valence-corrected chi connectivity index (χ2v) is 12.1. The highest BCUT2D eigenvalue weighted by Gasteiger charge is 2.31. The van der Waals surface area contributed by atoms with E-state index in [1.54, 1.807) is 0 Å². The normalized spacial score (nSPS) is 18.9. The van der Waals surface area contributed by atoms with Gasteiger partial charge >= 0.3 is 0 Å². The van der Waals surface area contributed by atoms with Gasteiger partial charge in [-0.15, -0.1) is 0 Å². The van der Waals surface area contributed by atoms with E-state index in [0.29, 0.717) is 35.3 Å². The summed E-state index contributed by atoms with van der Waals surface area (Å²) in [6, 6.07) is 4.87. The summed E-state index contributed by atoms with van der Waals surface area (Å²) in [5.41, 5.74) is 9.39. The third kappa shape index (κ3) is 6.17. The molecule has 1 aliphatic rings. The number of hydrogen-bond donors (Lipinski definition) is 2. The highest BCUT2D eigenvalue weighted by molar-refractivity contribution is 5.51. The fourth-order valence-corrected chi connectivity index (χ4v) is 6.07. The Morgan fingerprint density at radius 2 is 1.22 bits per heavy atom. The van der Waals surface area contributed by atoms with Gasteiger partial charge in [-0.25, -0.2) is 0 Å². The number of piperazine rings is 1. The first kappa shape index (κ1) is 29.5. The lowest BCUT2D eigenvalue weighted by molar-refractivity contribution is 0.0399. The fraction of sp³-hybridized carbons (Fsp3) is 0.636. The Kier molecular flexibility index (Phi) is 9.74. The number of phenols is 2. The first-order valence-electron chi connectivity index (χ1n) is 14.5. The summed E-state index contributed by atoms with van der Waals surface area (Å²) in [6.45, 7) is 26.8. The molecular formula is C33H52N2O2. The SMILES string of the molecule is CCC(C)c1cc(C)c(CN2CCN(Cc3c(C)cc(C(C)CC)c(O)c3C)C(C(C)C)C2)c(C)c1O. The maximum atomic E-state index is 11.0. The molecule has 3 atom stereocenters. The molecule has 1 heterocycles. The van der Waals surface area contributed by atoms with E-state index in [1.165, 1.54) is 22.3 Å². The summed E-state index contributed by atoms with van der Waals surface area (Å²) >= 11 is 0. The third-order valence-corrected chi connectivity index (χ3v) is 9.28. The fourth-order valence-electron chi connectivity index (χ4n) is 6.07. The van der Waals surface area contributed by atoms with Gasteiger partial charge in [-0.2, -0.15) is 0 Å². The molecule has 0 aromatic heterocycles. The lowest BCUT2D eigenvalue weighted by Crippen LogP contribution is -2.54. The minimum Gasteiger partial charge on any atom is -0.507 e. The molecule has 4 heteroatoms. The topological polar surface area (TPSA) is 46.9 Å². The van der Waals surface area contributed by atoms with Crippen molar-refractivity contribution in [3.63, 3.8) is 0 Å². The van der Waals surface area contributed by atoms with Gasteiger partial charge in [-0.05, 0) is 103 Å². The Labute approximate surface area is 226 Å². The van der Waals surface area contributed by atoms with Gasteiger partial charge in [0.05, 0.1) is 0 Å². The average Bonchev–Trinajstić information content (AvgIpc) is 2.88. The summed E-state index contributed by atoms with van der Waals surface area (Å²) < 4.78 is 0. The Balaban J connectivity index is 1.81. The molecule has 0 aliphatic carbocycles. The van der Waals surface area contributed by atoms with Crippen molar-refractivity contribution in [3.8, 4) is 11.5 Å². The molecule has 206 valence electrons. The number of rotatable bonds is 9. The quantitative estimate of drug-likeness (QED) is 0.364. The van der Waals surface area contributed by atoms with Crippen LogP contribution in [0.3, 0.4) is 0 Å². The summed E-state index contributed by atoms with van der Waals surface area (Å²) in [5.74, 6) is 2.23. The van der Waals surface area contributed by atoms with Crippen LogP contribution in [0.1, 0.15) is 111 Å². The van der Waals surface area contributed by atoms with Crippen molar-refractivity contribution in [1.82, 2.24) is 9.80 Å². The van der Waals surface area contributed by atoms with Crippen LogP contribution in [0.15, 0.2) is 12.1 Å². The smallest absolute Gasteiger partial charge is 0.122 e. The van der Waals surface area contributed by atoms with Gasteiger partial charge in [0.1, 0.15) is 11.5 Å². The Morgan fingerprint density at radius 1 is 0.757 bits per heavy atom. The number of hydrogen-bond acceptors (Lipinski definition) is 4. The van der Waals surface area contributed by atoms with E-state index in [4.69, 9.17) is 0 Å². The number of aromatic hydroxyl groups is 2. The van der Waals surface area contributed by atoms with Crippen molar-refractivity contribution in [1.29, 1.82) is 0 Å². The van der Waals surface area contributed by atoms with Gasteiger partial charge in [0, 0.05) is 38.8 Å². The van der Waals surface area contributed by atoms with Crippen LogP contribution in [0.2, 0.25) is 0 Å². The van der Waals surface area contributed by atoms with Crippen LogP contribution in [-0.2, 0) is 13.1 Å². The van der Waals surface area contributed by atoms with Crippen molar-refractivity contribution in [2.75, 3.05) is 19.6 Å². The van der Waals surface area contributed by atoms with E-state index in [0.717, 1.165) is 67.8 Å². The third-order valence-electron chi connectivity index (χ3n) is 9.28.